The number of aromatic nitrogens is 2. The van der Waals surface area contributed by atoms with Crippen molar-refractivity contribution in [3.63, 3.8) is 0 Å². The lowest BCUT2D eigenvalue weighted by Crippen LogP contribution is -2.29. The summed E-state index contributed by atoms with van der Waals surface area (Å²) in [6.07, 6.45) is 0. The van der Waals surface area contributed by atoms with Crippen LogP contribution in [0.5, 0.6) is 5.75 Å². The predicted molar refractivity (Wildman–Crippen MR) is 136 cm³/mol. The third kappa shape index (κ3) is 4.71. The van der Waals surface area contributed by atoms with Crippen LogP contribution in [0.1, 0.15) is 6.92 Å². The van der Waals surface area contributed by atoms with Crippen molar-refractivity contribution in [3.8, 4) is 5.75 Å². The minimum atomic E-state index is 0.00611. The molecule has 0 aliphatic carbocycles. The third-order valence-corrected chi connectivity index (χ3v) is 7.92. The van der Waals surface area contributed by atoms with E-state index in [0.29, 0.717) is 11.7 Å². The Morgan fingerprint density at radius 1 is 0.970 bits per heavy atom. The second-order valence-electron chi connectivity index (χ2n) is 6.98. The maximum atomic E-state index is 13.3. The summed E-state index contributed by atoms with van der Waals surface area (Å²) in [6.45, 7) is 2.53. The molecule has 0 bridgehead atoms. The van der Waals surface area contributed by atoms with Crippen molar-refractivity contribution >= 4 is 63.0 Å². The van der Waals surface area contributed by atoms with E-state index in [4.69, 9.17) is 4.74 Å². The van der Waals surface area contributed by atoms with E-state index in [2.05, 4.69) is 15.5 Å². The number of para-hydroxylation sites is 4. The van der Waals surface area contributed by atoms with Gasteiger partial charge in [-0.1, -0.05) is 71.3 Å². The van der Waals surface area contributed by atoms with Crippen molar-refractivity contribution in [3.05, 3.63) is 72.8 Å². The Bertz CT molecular complexity index is 1250. The molecule has 5 rings (SSSR count). The molecule has 9 heteroatoms. The molecule has 4 aromatic rings. The highest BCUT2D eigenvalue weighted by molar-refractivity contribution is 8.01. The molecule has 0 atom stereocenters. The highest BCUT2D eigenvalue weighted by Crippen LogP contribution is 2.48. The molecule has 6 nitrogen and oxygen atoms in total. The van der Waals surface area contributed by atoms with E-state index in [1.165, 1.54) is 23.1 Å². The summed E-state index contributed by atoms with van der Waals surface area (Å²) in [4.78, 5) is 17.3. The molecule has 3 aromatic carbocycles. The number of amides is 1. The first kappa shape index (κ1) is 21.8. The zero-order valence-corrected chi connectivity index (χ0v) is 20.2. The standard InChI is InChI=1S/C24H20N4O2S3/c1-2-30-19-12-6-3-9-16(19)25-23-26-27-24(33-23)31-15-22(29)28-17-10-4-7-13-20(17)32-21-14-8-5-11-18(21)28/h3-14H,2,15H2,1H3,(H,25,26). The average molecular weight is 493 g/mol. The van der Waals surface area contributed by atoms with Gasteiger partial charge in [0.05, 0.1) is 29.4 Å². The Morgan fingerprint density at radius 3 is 2.36 bits per heavy atom. The molecule has 0 fully saturated rings. The number of benzene rings is 3. The van der Waals surface area contributed by atoms with E-state index in [-0.39, 0.29) is 11.7 Å². The maximum absolute atomic E-state index is 13.3. The largest absolute Gasteiger partial charge is 0.492 e. The van der Waals surface area contributed by atoms with Crippen LogP contribution in [0.25, 0.3) is 0 Å². The maximum Gasteiger partial charge on any atom is 0.242 e. The molecule has 2 heterocycles. The number of carbonyl (C=O) groups is 1. The van der Waals surface area contributed by atoms with Gasteiger partial charge in [0.25, 0.3) is 0 Å². The van der Waals surface area contributed by atoms with Crippen LogP contribution >= 0.6 is 34.9 Å². The zero-order chi connectivity index (χ0) is 22.6. The van der Waals surface area contributed by atoms with Gasteiger partial charge in [0.1, 0.15) is 5.75 Å². The van der Waals surface area contributed by atoms with Crippen LogP contribution in [0.15, 0.2) is 86.9 Å². The summed E-state index contributed by atoms with van der Waals surface area (Å²) < 4.78 is 6.39. The van der Waals surface area contributed by atoms with Crippen molar-refractivity contribution in [1.82, 2.24) is 10.2 Å². The summed E-state index contributed by atoms with van der Waals surface area (Å²) in [5, 5.41) is 12.4. The number of fused-ring (bicyclic) bond motifs is 2. The highest BCUT2D eigenvalue weighted by atomic mass is 32.2. The number of ether oxygens (including phenoxy) is 1. The quantitative estimate of drug-likeness (QED) is 0.291. The van der Waals surface area contributed by atoms with Gasteiger partial charge in [0.2, 0.25) is 11.0 Å². The molecule has 1 aliphatic heterocycles. The smallest absolute Gasteiger partial charge is 0.242 e. The Kier molecular flexibility index (Phi) is 6.52. The molecule has 1 N–H and O–H groups in total. The average Bonchev–Trinajstić information content (AvgIpc) is 3.29. The monoisotopic (exact) mass is 492 g/mol. The van der Waals surface area contributed by atoms with Gasteiger partial charge in [-0.2, -0.15) is 0 Å². The van der Waals surface area contributed by atoms with Crippen LogP contribution in [-0.4, -0.2) is 28.5 Å². The number of carbonyl (C=O) groups excluding carboxylic acids is 1. The molecule has 33 heavy (non-hydrogen) atoms. The van der Waals surface area contributed by atoms with Crippen molar-refractivity contribution in [2.24, 2.45) is 0 Å². The number of thioether (sulfide) groups is 1. The van der Waals surface area contributed by atoms with Crippen molar-refractivity contribution in [2.45, 2.75) is 21.1 Å². The Balaban J connectivity index is 1.30. The number of rotatable bonds is 7. The van der Waals surface area contributed by atoms with Gasteiger partial charge in [-0.25, -0.2) is 0 Å². The number of hydrogen-bond acceptors (Lipinski definition) is 8. The molecule has 1 amide bonds. The van der Waals surface area contributed by atoms with Crippen LogP contribution in [0, 0.1) is 0 Å². The molecule has 1 aromatic heterocycles. The zero-order valence-electron chi connectivity index (χ0n) is 17.7. The molecule has 0 radical (unpaired) electrons. The first-order valence-corrected chi connectivity index (χ1v) is 13.0. The topological polar surface area (TPSA) is 67.3 Å². The Hall–Kier alpha value is -3.01. The van der Waals surface area contributed by atoms with E-state index in [1.54, 1.807) is 11.8 Å². The van der Waals surface area contributed by atoms with Gasteiger partial charge in [-0.15, -0.1) is 10.2 Å². The second kappa shape index (κ2) is 9.86. The van der Waals surface area contributed by atoms with Gasteiger partial charge in [-0.3, -0.25) is 9.69 Å². The molecule has 166 valence electrons. The van der Waals surface area contributed by atoms with Crippen LogP contribution in [0.2, 0.25) is 0 Å². The summed E-state index contributed by atoms with van der Waals surface area (Å²) in [6, 6.07) is 23.7. The third-order valence-electron chi connectivity index (χ3n) is 4.84. The van der Waals surface area contributed by atoms with Crippen LogP contribution in [0.4, 0.5) is 22.2 Å². The van der Waals surface area contributed by atoms with E-state index >= 15 is 0 Å². The molecule has 0 saturated heterocycles. The fourth-order valence-electron chi connectivity index (χ4n) is 3.45. The first-order chi connectivity index (χ1) is 16.2. The predicted octanol–water partition coefficient (Wildman–Crippen LogP) is 6.60. The van der Waals surface area contributed by atoms with E-state index in [1.807, 2.05) is 84.6 Å². The first-order valence-electron chi connectivity index (χ1n) is 10.4. The van der Waals surface area contributed by atoms with E-state index < -0.39 is 0 Å². The Morgan fingerprint density at radius 2 is 1.64 bits per heavy atom. The molecule has 1 aliphatic rings. The summed E-state index contributed by atoms with van der Waals surface area (Å²) in [5.74, 6) is 1.03. The minimum absolute atomic E-state index is 0.00611. The van der Waals surface area contributed by atoms with Gasteiger partial charge < -0.3 is 10.1 Å². The summed E-state index contributed by atoms with van der Waals surface area (Å²) in [5.41, 5.74) is 2.67. The summed E-state index contributed by atoms with van der Waals surface area (Å²) >= 11 is 4.49. The van der Waals surface area contributed by atoms with Gasteiger partial charge in [-0.05, 0) is 43.3 Å². The van der Waals surface area contributed by atoms with Gasteiger partial charge >= 0.3 is 0 Å². The minimum Gasteiger partial charge on any atom is -0.492 e. The fraction of sp³-hybridized carbons (Fsp3) is 0.125. The lowest BCUT2D eigenvalue weighted by molar-refractivity contribution is -0.115. The summed E-state index contributed by atoms with van der Waals surface area (Å²) in [7, 11) is 0. The normalized spacial score (nSPS) is 12.1. The second-order valence-corrected chi connectivity index (χ2v) is 10.3. The van der Waals surface area contributed by atoms with Crippen LogP contribution in [0.3, 0.4) is 0 Å². The van der Waals surface area contributed by atoms with E-state index in [9.17, 15) is 4.79 Å². The number of anilines is 4. The van der Waals surface area contributed by atoms with Crippen molar-refractivity contribution in [1.29, 1.82) is 0 Å². The highest BCUT2D eigenvalue weighted by Gasteiger charge is 2.28. The molecular weight excluding hydrogens is 472 g/mol. The fourth-order valence-corrected chi connectivity index (χ4v) is 6.12. The number of nitrogens with zero attached hydrogens (tertiary/aromatic N) is 3. The number of hydrogen-bond donors (Lipinski definition) is 1. The van der Waals surface area contributed by atoms with Crippen LogP contribution in [-0.2, 0) is 4.79 Å². The molecule has 0 spiro atoms. The lowest BCUT2D eigenvalue weighted by atomic mass is 10.2. The Labute approximate surface area is 204 Å². The molecular formula is C24H20N4O2S3. The van der Waals surface area contributed by atoms with Gasteiger partial charge in [0, 0.05) is 9.79 Å². The van der Waals surface area contributed by atoms with Crippen molar-refractivity contribution < 1.29 is 9.53 Å². The molecule has 0 unspecified atom stereocenters. The SMILES string of the molecule is CCOc1ccccc1Nc1nnc(SCC(=O)N2c3ccccc3Sc3ccccc32)s1. The molecule has 0 saturated carbocycles. The van der Waals surface area contributed by atoms with Crippen LogP contribution < -0.4 is 15.0 Å². The number of nitrogens with one attached hydrogen (secondary N) is 1. The van der Waals surface area contributed by atoms with Gasteiger partial charge in [0.15, 0.2) is 4.34 Å². The van der Waals surface area contributed by atoms with E-state index in [0.717, 1.165) is 36.9 Å². The lowest BCUT2D eigenvalue weighted by Gasteiger charge is -2.30. The van der Waals surface area contributed by atoms with Crippen molar-refractivity contribution in [2.75, 3.05) is 22.6 Å².